The van der Waals surface area contributed by atoms with Crippen molar-refractivity contribution in [3.8, 4) is 0 Å². The van der Waals surface area contributed by atoms with Crippen LogP contribution >= 0.6 is 0 Å². The maximum absolute atomic E-state index is 14.8. The second-order valence-electron chi connectivity index (χ2n) is 24.5. The summed E-state index contributed by atoms with van der Waals surface area (Å²) in [5.41, 5.74) is 1.91. The van der Waals surface area contributed by atoms with E-state index in [1.165, 1.54) is 0 Å². The van der Waals surface area contributed by atoms with Crippen molar-refractivity contribution in [3.05, 3.63) is 71.8 Å². The lowest BCUT2D eigenvalue weighted by Gasteiger charge is -2.41. The minimum atomic E-state index is -0.777. The fourth-order valence-corrected chi connectivity index (χ4v) is 12.0. The van der Waals surface area contributed by atoms with Gasteiger partial charge in [0.2, 0.25) is 17.7 Å². The summed E-state index contributed by atoms with van der Waals surface area (Å²) >= 11 is 0. The minimum Gasteiger partial charge on any atom is -0.379 e. The van der Waals surface area contributed by atoms with E-state index < -0.39 is 65.7 Å². The summed E-state index contributed by atoms with van der Waals surface area (Å²) in [4.78, 5) is 133. The molecular weight excluding hydrogens is 1040 g/mol. The smallest absolute Gasteiger partial charge is 0.336 e. The minimum absolute atomic E-state index is 0.00473. The molecule has 1 N–H and O–H groups in total. The molecule has 2 aliphatic rings. The lowest BCUT2D eigenvalue weighted by atomic mass is 9.80. The number of Topliss-reactive ketones (excluding diaryl/α,β-unsaturated/α-hetero) is 3. The summed E-state index contributed by atoms with van der Waals surface area (Å²) in [5.74, 6) is -5.78. The highest BCUT2D eigenvalue weighted by molar-refractivity contribution is 6.02. The first-order valence-corrected chi connectivity index (χ1v) is 30.2. The molecule has 10 atom stereocenters. The number of rotatable bonds is 37. The first kappa shape index (κ1) is 68.8. The SMILES string of the molecule is CC[C@H](C)[C@@H]([C@@H](CC(=O)N1CCC[C@H]1[C@H](OC)[C@@H](C)C(=O)C[C@@H](Cc1ccccc1)C(=O)NCc1ccccc1)OC)N(C)C(=O)[C@@H](CC(=O)[C@@H](CCN(C)CCCC(=O)C[C@H](CC(C)C)C(=O)ON1C(=O)CCC1=O)C(C)C)C(C)C. The van der Waals surface area contributed by atoms with Gasteiger partial charge in [0.1, 0.15) is 17.3 Å². The second kappa shape index (κ2) is 34.2. The molecule has 0 bridgehead atoms. The van der Waals surface area contributed by atoms with Gasteiger partial charge in [-0.3, -0.25) is 38.4 Å². The van der Waals surface area contributed by atoms with Crippen LogP contribution in [-0.4, -0.2) is 145 Å². The number of imide groups is 1. The van der Waals surface area contributed by atoms with Gasteiger partial charge in [0, 0.05) is 96.6 Å². The van der Waals surface area contributed by atoms with E-state index in [1.807, 2.05) is 135 Å². The molecule has 2 saturated heterocycles. The number of benzene rings is 2. The lowest BCUT2D eigenvalue weighted by molar-refractivity contribution is -0.201. The van der Waals surface area contributed by atoms with Crippen LogP contribution in [0.4, 0.5) is 0 Å². The maximum atomic E-state index is 14.8. The number of carbonyl (C=O) groups excluding carboxylic acids is 9. The van der Waals surface area contributed by atoms with Gasteiger partial charge in [-0.15, -0.1) is 5.06 Å². The monoisotopic (exact) mass is 1140 g/mol. The molecule has 0 aromatic heterocycles. The Morgan fingerprint density at radius 1 is 0.720 bits per heavy atom. The number of hydroxylamine groups is 2. The standard InChI is InChI=1S/C65H99N5O12/c1-14-45(8)61(57(80-12)40-60(76)69-33-22-28-54(69)62(81-13)46(9)55(72)38-49(36-47-23-17-15-18-24-47)63(77)66-41-48-25-19-16-20-26-48)68(11)64(78)53(44(6)7)39-56(73)52(43(4)5)31-34-67(10)32-21-27-51(71)37-50(35-42(2)3)65(79)82-70-58(74)29-30-59(70)75/h15-20,23-26,42-46,49-50,52-54,57,61-62H,14,21-22,27-41H2,1-13H3,(H,66,77)/t45-,46-,49+,50-,52-,53-,54-,57+,61-,62+/m0/s1. The van der Waals surface area contributed by atoms with Crippen LogP contribution in [0.5, 0.6) is 0 Å². The summed E-state index contributed by atoms with van der Waals surface area (Å²) in [6.45, 7) is 19.7. The Morgan fingerprint density at radius 2 is 1.33 bits per heavy atom. The Labute approximate surface area is 489 Å². The van der Waals surface area contributed by atoms with Crippen molar-refractivity contribution >= 4 is 52.9 Å². The number of likely N-dealkylation sites (tertiary alicyclic amines) is 1. The van der Waals surface area contributed by atoms with Crippen molar-refractivity contribution in [1.29, 1.82) is 0 Å². The zero-order valence-electron chi connectivity index (χ0n) is 51.7. The molecule has 0 unspecified atom stereocenters. The summed E-state index contributed by atoms with van der Waals surface area (Å²) in [5, 5.41) is 3.57. The molecular formula is C65H99N5O12. The Bertz CT molecular complexity index is 2380. The first-order valence-electron chi connectivity index (χ1n) is 30.2. The predicted octanol–water partition coefficient (Wildman–Crippen LogP) is 8.88. The van der Waals surface area contributed by atoms with Crippen molar-refractivity contribution < 1.29 is 57.5 Å². The van der Waals surface area contributed by atoms with Crippen molar-refractivity contribution in [2.24, 2.45) is 53.3 Å². The van der Waals surface area contributed by atoms with Gasteiger partial charge in [-0.25, -0.2) is 4.79 Å². The molecule has 82 heavy (non-hydrogen) atoms. The van der Waals surface area contributed by atoms with Gasteiger partial charge in [-0.2, -0.15) is 0 Å². The van der Waals surface area contributed by atoms with Gasteiger partial charge in [-0.1, -0.05) is 129 Å². The Balaban J connectivity index is 1.38. The fraction of sp³-hybridized carbons (Fsp3) is 0.677. The topological polar surface area (TPSA) is 206 Å². The number of amides is 5. The van der Waals surface area contributed by atoms with E-state index in [2.05, 4.69) is 10.2 Å². The first-order chi connectivity index (χ1) is 38.9. The van der Waals surface area contributed by atoms with Crippen molar-refractivity contribution in [1.82, 2.24) is 25.1 Å². The summed E-state index contributed by atoms with van der Waals surface area (Å²) in [6, 6.07) is 18.4. The molecule has 2 aromatic carbocycles. The molecule has 17 heteroatoms. The van der Waals surface area contributed by atoms with Crippen LogP contribution in [0.1, 0.15) is 157 Å². The molecule has 456 valence electrons. The molecule has 0 spiro atoms. The van der Waals surface area contributed by atoms with Crippen LogP contribution in [0, 0.1) is 53.3 Å². The highest BCUT2D eigenvalue weighted by Crippen LogP contribution is 2.33. The number of likely N-dealkylation sites (N-methyl/N-ethyl adjacent to an activating group) is 1. The molecule has 0 aliphatic carbocycles. The zero-order valence-corrected chi connectivity index (χ0v) is 51.7. The van der Waals surface area contributed by atoms with Gasteiger partial charge in [0.05, 0.1) is 36.6 Å². The Hall–Kier alpha value is -5.65. The van der Waals surface area contributed by atoms with Crippen LogP contribution in [0.15, 0.2) is 60.7 Å². The van der Waals surface area contributed by atoms with E-state index in [0.717, 1.165) is 17.5 Å². The van der Waals surface area contributed by atoms with Gasteiger partial charge >= 0.3 is 5.97 Å². The van der Waals surface area contributed by atoms with Gasteiger partial charge < -0.3 is 34.3 Å². The van der Waals surface area contributed by atoms with E-state index in [9.17, 15) is 43.2 Å². The number of ketones is 3. The second-order valence-corrected chi connectivity index (χ2v) is 24.5. The van der Waals surface area contributed by atoms with Crippen LogP contribution in [0.3, 0.4) is 0 Å². The Kier molecular flexibility index (Phi) is 28.7. The van der Waals surface area contributed by atoms with Crippen LogP contribution in [0.2, 0.25) is 0 Å². The van der Waals surface area contributed by atoms with Gasteiger partial charge in [0.25, 0.3) is 11.8 Å². The van der Waals surface area contributed by atoms with E-state index in [1.54, 1.807) is 26.2 Å². The molecule has 4 rings (SSSR count). The van der Waals surface area contributed by atoms with Gasteiger partial charge in [0.15, 0.2) is 0 Å². The average Bonchev–Trinajstić information content (AvgIpc) is 4.18. The molecule has 0 saturated carbocycles. The largest absolute Gasteiger partial charge is 0.379 e. The molecule has 2 aromatic rings. The van der Waals surface area contributed by atoms with Crippen LogP contribution < -0.4 is 5.32 Å². The zero-order chi connectivity index (χ0) is 60.8. The molecule has 2 heterocycles. The van der Waals surface area contributed by atoms with E-state index in [0.29, 0.717) is 69.8 Å². The summed E-state index contributed by atoms with van der Waals surface area (Å²) < 4.78 is 12.3. The number of methoxy groups -OCH3 is 2. The third-order valence-electron chi connectivity index (χ3n) is 17.1. The number of ether oxygens (including phenoxy) is 2. The molecule has 17 nitrogen and oxygen atoms in total. The quantitative estimate of drug-likeness (QED) is 0.0629. The summed E-state index contributed by atoms with van der Waals surface area (Å²) in [7, 11) is 6.83. The lowest BCUT2D eigenvalue weighted by Crippen LogP contribution is -2.54. The summed E-state index contributed by atoms with van der Waals surface area (Å²) in [6.07, 6.45) is 2.80. The highest BCUT2D eigenvalue weighted by Gasteiger charge is 2.44. The molecule has 2 aliphatic heterocycles. The maximum Gasteiger partial charge on any atom is 0.336 e. The number of hydrogen-bond donors (Lipinski definition) is 1. The van der Waals surface area contributed by atoms with E-state index >= 15 is 0 Å². The Morgan fingerprint density at radius 3 is 1.89 bits per heavy atom. The average molecular weight is 1140 g/mol. The van der Waals surface area contributed by atoms with Crippen LogP contribution in [0.25, 0.3) is 0 Å². The third-order valence-corrected chi connectivity index (χ3v) is 17.1. The van der Waals surface area contributed by atoms with Crippen molar-refractivity contribution in [2.75, 3.05) is 47.9 Å². The van der Waals surface area contributed by atoms with Crippen LogP contribution in [-0.2, 0) is 70.4 Å². The van der Waals surface area contributed by atoms with E-state index in [-0.39, 0.29) is 110 Å². The predicted molar refractivity (Wildman–Crippen MR) is 315 cm³/mol. The fourth-order valence-electron chi connectivity index (χ4n) is 12.0. The number of hydrogen-bond acceptors (Lipinski definition) is 13. The molecule has 5 amide bonds. The number of nitrogens with zero attached hydrogens (tertiary/aromatic N) is 4. The molecule has 2 fully saturated rings. The third kappa shape index (κ3) is 20.6. The number of carbonyl (C=O) groups is 9. The number of nitrogens with one attached hydrogen (secondary N) is 1. The highest BCUT2D eigenvalue weighted by atomic mass is 16.7. The van der Waals surface area contributed by atoms with Gasteiger partial charge in [-0.05, 0) is 93.5 Å². The van der Waals surface area contributed by atoms with Crippen molar-refractivity contribution in [2.45, 2.75) is 183 Å². The van der Waals surface area contributed by atoms with E-state index in [4.69, 9.17) is 14.3 Å². The van der Waals surface area contributed by atoms with Crippen molar-refractivity contribution in [3.63, 3.8) is 0 Å². The molecule has 0 radical (unpaired) electrons. The normalized spacial score (nSPS) is 18.0.